The fourth-order valence-corrected chi connectivity index (χ4v) is 4.02. The molecule has 2 atom stereocenters. The van der Waals surface area contributed by atoms with Gasteiger partial charge in [0.25, 0.3) is 5.91 Å². The average Bonchev–Trinajstić information content (AvgIpc) is 3.02. The van der Waals surface area contributed by atoms with Crippen molar-refractivity contribution in [2.45, 2.75) is 62.9 Å². The van der Waals surface area contributed by atoms with Crippen LogP contribution in [-0.4, -0.2) is 36.1 Å². The first-order valence-corrected chi connectivity index (χ1v) is 8.28. The van der Waals surface area contributed by atoms with Gasteiger partial charge in [0.05, 0.1) is 0 Å². The van der Waals surface area contributed by atoms with Crippen LogP contribution < -0.4 is 21.3 Å². The fourth-order valence-electron chi connectivity index (χ4n) is 4.02. The normalized spacial score (nSPS) is 31.9. The van der Waals surface area contributed by atoms with Gasteiger partial charge in [-0.15, -0.1) is 0 Å². The van der Waals surface area contributed by atoms with Gasteiger partial charge in [-0.2, -0.15) is 0 Å². The number of nitrogens with one attached hydrogen (secondary N) is 4. The van der Waals surface area contributed by atoms with Gasteiger partial charge in [-0.3, -0.25) is 10.1 Å². The molecule has 1 spiro atoms. The molecule has 0 aromatic carbocycles. The van der Waals surface area contributed by atoms with Gasteiger partial charge in [-0.1, -0.05) is 25.7 Å². The molecule has 2 aliphatic carbocycles. The predicted octanol–water partition coefficient (Wildman–Crippen LogP) is 0.997. The zero-order chi connectivity index (χ0) is 15.6. The van der Waals surface area contributed by atoms with Crippen LogP contribution >= 0.6 is 0 Å². The van der Waals surface area contributed by atoms with Gasteiger partial charge in [0, 0.05) is 18.5 Å². The average molecular weight is 308 g/mol. The summed E-state index contributed by atoms with van der Waals surface area (Å²) in [5.41, 5.74) is -0.824. The van der Waals surface area contributed by atoms with Crippen molar-refractivity contribution in [3.63, 3.8) is 0 Å². The number of urea groups is 2. The van der Waals surface area contributed by atoms with Gasteiger partial charge >= 0.3 is 12.1 Å². The number of hydrogen-bond acceptors (Lipinski definition) is 3. The highest BCUT2D eigenvalue weighted by molar-refractivity contribution is 6.07. The summed E-state index contributed by atoms with van der Waals surface area (Å²) in [4.78, 5) is 35.5. The molecule has 1 heterocycles. The minimum absolute atomic E-state index is 0.0453. The summed E-state index contributed by atoms with van der Waals surface area (Å²) < 4.78 is 0. The molecular formula is C15H24N4O3. The van der Waals surface area contributed by atoms with Gasteiger partial charge in [0.15, 0.2) is 0 Å². The van der Waals surface area contributed by atoms with Crippen molar-refractivity contribution in [1.29, 1.82) is 0 Å². The van der Waals surface area contributed by atoms with Crippen molar-refractivity contribution in [1.82, 2.24) is 21.3 Å². The molecule has 7 heteroatoms. The highest BCUT2D eigenvalue weighted by Crippen LogP contribution is 2.37. The maximum atomic E-state index is 12.1. The van der Waals surface area contributed by atoms with Crippen LogP contribution in [-0.2, 0) is 4.79 Å². The lowest BCUT2D eigenvalue weighted by Crippen LogP contribution is -2.54. The lowest BCUT2D eigenvalue weighted by molar-refractivity contribution is -0.125. The van der Waals surface area contributed by atoms with E-state index in [9.17, 15) is 14.4 Å². The van der Waals surface area contributed by atoms with E-state index in [-0.39, 0.29) is 23.9 Å². The number of carbonyl (C=O) groups excluding carboxylic acids is 3. The molecule has 22 heavy (non-hydrogen) atoms. The predicted molar refractivity (Wildman–Crippen MR) is 80.2 cm³/mol. The van der Waals surface area contributed by atoms with Gasteiger partial charge in [-0.05, 0) is 25.7 Å². The first kappa shape index (κ1) is 15.1. The highest BCUT2D eigenvalue weighted by atomic mass is 16.2. The van der Waals surface area contributed by atoms with E-state index in [4.69, 9.17) is 0 Å². The van der Waals surface area contributed by atoms with Gasteiger partial charge in [0.1, 0.15) is 5.54 Å². The molecule has 5 amide bonds. The molecule has 122 valence electrons. The Morgan fingerprint density at radius 3 is 2.59 bits per heavy atom. The van der Waals surface area contributed by atoms with Gasteiger partial charge in [-0.25, -0.2) is 9.59 Å². The van der Waals surface area contributed by atoms with E-state index in [2.05, 4.69) is 21.3 Å². The smallest absolute Gasteiger partial charge is 0.322 e. The lowest BCUT2D eigenvalue weighted by Gasteiger charge is -2.29. The summed E-state index contributed by atoms with van der Waals surface area (Å²) >= 11 is 0. The van der Waals surface area contributed by atoms with Crippen molar-refractivity contribution in [3.05, 3.63) is 0 Å². The topological polar surface area (TPSA) is 99.3 Å². The summed E-state index contributed by atoms with van der Waals surface area (Å²) in [7, 11) is 0. The molecule has 3 aliphatic rings. The second-order valence-corrected chi connectivity index (χ2v) is 6.66. The molecule has 0 radical (unpaired) electrons. The second-order valence-electron chi connectivity index (χ2n) is 6.66. The molecule has 0 aromatic heterocycles. The minimum atomic E-state index is -0.824. The Morgan fingerprint density at radius 2 is 1.91 bits per heavy atom. The third-order valence-electron chi connectivity index (χ3n) is 5.24. The first-order chi connectivity index (χ1) is 10.6. The molecule has 3 fully saturated rings. The van der Waals surface area contributed by atoms with E-state index in [0.717, 1.165) is 25.7 Å². The Kier molecular flexibility index (Phi) is 4.22. The third kappa shape index (κ3) is 2.89. The van der Waals surface area contributed by atoms with Crippen LogP contribution in [0.2, 0.25) is 0 Å². The maximum absolute atomic E-state index is 12.1. The largest absolute Gasteiger partial charge is 0.338 e. The lowest BCUT2D eigenvalue weighted by atomic mass is 9.87. The van der Waals surface area contributed by atoms with Crippen molar-refractivity contribution in [2.75, 3.05) is 6.54 Å². The SMILES string of the molecule is O=C(NC[C@@H]1CCC[C@]12NC(=O)NC2=O)NC1CCCCC1. The van der Waals surface area contributed by atoms with Crippen LogP contribution in [0, 0.1) is 5.92 Å². The summed E-state index contributed by atoms with van der Waals surface area (Å²) in [6.45, 7) is 0.409. The Morgan fingerprint density at radius 1 is 1.14 bits per heavy atom. The van der Waals surface area contributed by atoms with Crippen LogP contribution in [0.5, 0.6) is 0 Å². The quantitative estimate of drug-likeness (QED) is 0.585. The summed E-state index contributed by atoms with van der Waals surface area (Å²) in [5.74, 6) is -0.300. The zero-order valence-electron chi connectivity index (χ0n) is 12.7. The standard InChI is InChI=1S/C15H24N4O3/c20-12-15(19-14(22)18-12)8-4-5-10(15)9-16-13(21)17-11-6-2-1-3-7-11/h10-11H,1-9H2,(H2,16,17,21)(H2,18,19,20,22)/t10-,15-/m0/s1. The fraction of sp³-hybridized carbons (Fsp3) is 0.800. The van der Waals surface area contributed by atoms with Crippen molar-refractivity contribution >= 4 is 18.0 Å². The Bertz CT molecular complexity index is 475. The molecule has 2 saturated carbocycles. The summed E-state index contributed by atoms with van der Waals surface area (Å²) in [6, 6.07) is -0.331. The van der Waals surface area contributed by atoms with E-state index >= 15 is 0 Å². The monoisotopic (exact) mass is 308 g/mol. The van der Waals surface area contributed by atoms with Crippen LogP contribution in [0.3, 0.4) is 0 Å². The van der Waals surface area contributed by atoms with Gasteiger partial charge in [0.2, 0.25) is 0 Å². The number of carbonyl (C=O) groups is 3. The van der Waals surface area contributed by atoms with Crippen LogP contribution in [0.25, 0.3) is 0 Å². The molecule has 1 saturated heterocycles. The van der Waals surface area contributed by atoms with E-state index in [1.54, 1.807) is 0 Å². The first-order valence-electron chi connectivity index (χ1n) is 8.28. The molecular weight excluding hydrogens is 284 g/mol. The molecule has 0 unspecified atom stereocenters. The second kappa shape index (κ2) is 6.14. The van der Waals surface area contributed by atoms with Crippen molar-refractivity contribution < 1.29 is 14.4 Å². The summed E-state index contributed by atoms with van der Waals surface area (Å²) in [6.07, 6.45) is 8.02. The van der Waals surface area contributed by atoms with Crippen molar-refractivity contribution in [3.8, 4) is 0 Å². The molecule has 0 bridgehead atoms. The van der Waals surface area contributed by atoms with Crippen LogP contribution in [0.4, 0.5) is 9.59 Å². The Balaban J connectivity index is 1.51. The molecule has 7 nitrogen and oxygen atoms in total. The van der Waals surface area contributed by atoms with Crippen LogP contribution in [0.15, 0.2) is 0 Å². The number of rotatable bonds is 3. The molecule has 1 aliphatic heterocycles. The van der Waals surface area contributed by atoms with Crippen molar-refractivity contribution in [2.24, 2.45) is 5.92 Å². The van der Waals surface area contributed by atoms with E-state index in [1.807, 2.05) is 0 Å². The zero-order valence-corrected chi connectivity index (χ0v) is 12.7. The number of imide groups is 1. The molecule has 0 aromatic rings. The third-order valence-corrected chi connectivity index (χ3v) is 5.24. The van der Waals surface area contributed by atoms with E-state index < -0.39 is 11.6 Å². The Hall–Kier alpha value is -1.79. The van der Waals surface area contributed by atoms with Gasteiger partial charge < -0.3 is 16.0 Å². The number of hydrogen-bond donors (Lipinski definition) is 4. The van der Waals surface area contributed by atoms with E-state index in [1.165, 1.54) is 19.3 Å². The van der Waals surface area contributed by atoms with Crippen LogP contribution in [0.1, 0.15) is 51.4 Å². The maximum Gasteiger partial charge on any atom is 0.322 e. The minimum Gasteiger partial charge on any atom is -0.338 e. The molecule has 4 N–H and O–H groups in total. The highest BCUT2D eigenvalue weighted by Gasteiger charge is 2.54. The number of amides is 5. The van der Waals surface area contributed by atoms with E-state index in [0.29, 0.717) is 13.0 Å². The summed E-state index contributed by atoms with van der Waals surface area (Å²) in [5, 5.41) is 11.0. The molecule has 3 rings (SSSR count). The Labute approximate surface area is 130 Å².